The number of carbonyl (C=O) groups is 2. The number of esters is 1. The van der Waals surface area contributed by atoms with E-state index in [1.165, 1.54) is 7.11 Å². The number of H-pyrrole nitrogens is 1. The number of hydrogen-bond donors (Lipinski definition) is 3. The van der Waals surface area contributed by atoms with Crippen LogP contribution in [0.2, 0.25) is 0 Å². The molecule has 6 heteroatoms. The fraction of sp³-hybridized carbons (Fsp3) is 0.538. The summed E-state index contributed by atoms with van der Waals surface area (Å²) in [6, 6.07) is 3.45. The van der Waals surface area contributed by atoms with Gasteiger partial charge in [-0.3, -0.25) is 4.79 Å². The highest BCUT2D eigenvalue weighted by Gasteiger charge is 2.26. The molecular weight excluding hydrogens is 248 g/mol. The van der Waals surface area contributed by atoms with Gasteiger partial charge < -0.3 is 20.1 Å². The average molecular weight is 268 g/mol. The molecular formula is C13H20N2O4. The van der Waals surface area contributed by atoms with Crippen molar-refractivity contribution in [3.8, 4) is 0 Å². The Hall–Kier alpha value is -1.82. The molecule has 106 valence electrons. The second kappa shape index (κ2) is 6.38. The van der Waals surface area contributed by atoms with E-state index in [1.54, 1.807) is 26.0 Å². The first-order valence-corrected chi connectivity index (χ1v) is 6.07. The van der Waals surface area contributed by atoms with E-state index >= 15 is 0 Å². The number of nitrogens with one attached hydrogen (secondary N) is 2. The summed E-state index contributed by atoms with van der Waals surface area (Å²) in [7, 11) is 1.33. The van der Waals surface area contributed by atoms with Crippen molar-refractivity contribution >= 4 is 11.9 Å². The molecule has 0 atom stereocenters. The fourth-order valence-electron chi connectivity index (χ4n) is 1.50. The number of carbonyl (C=O) groups excluding carboxylic acids is 1. The largest absolute Gasteiger partial charge is 0.481 e. The van der Waals surface area contributed by atoms with Crippen LogP contribution in [0.25, 0.3) is 0 Å². The SMILES string of the molecule is COC(=O)c1ccc(CNCCC(C)(C)C(=O)O)[nH]1. The molecule has 0 fully saturated rings. The standard InChI is InChI=1S/C13H20N2O4/c1-13(2,12(17)18)6-7-14-8-9-4-5-10(15-9)11(16)19-3/h4-5,14-15H,6-8H2,1-3H3,(H,17,18). The van der Waals surface area contributed by atoms with Gasteiger partial charge in [0.1, 0.15) is 5.69 Å². The topological polar surface area (TPSA) is 91.4 Å². The number of methoxy groups -OCH3 is 1. The van der Waals surface area contributed by atoms with E-state index in [9.17, 15) is 9.59 Å². The highest BCUT2D eigenvalue weighted by Crippen LogP contribution is 2.19. The minimum atomic E-state index is -0.804. The van der Waals surface area contributed by atoms with E-state index in [4.69, 9.17) is 5.11 Å². The summed E-state index contributed by atoms with van der Waals surface area (Å²) < 4.78 is 4.59. The van der Waals surface area contributed by atoms with Crippen LogP contribution in [-0.2, 0) is 16.1 Å². The van der Waals surface area contributed by atoms with Gasteiger partial charge in [-0.1, -0.05) is 0 Å². The van der Waals surface area contributed by atoms with Crippen LogP contribution in [0, 0.1) is 5.41 Å². The maximum Gasteiger partial charge on any atom is 0.354 e. The normalized spacial score (nSPS) is 11.3. The van der Waals surface area contributed by atoms with E-state index in [1.807, 2.05) is 0 Å². The molecule has 1 rings (SSSR count). The van der Waals surface area contributed by atoms with Crippen LogP contribution in [0.5, 0.6) is 0 Å². The van der Waals surface area contributed by atoms with Gasteiger partial charge in [0.05, 0.1) is 12.5 Å². The van der Waals surface area contributed by atoms with Crippen molar-refractivity contribution in [3.05, 3.63) is 23.5 Å². The smallest absolute Gasteiger partial charge is 0.354 e. The molecule has 19 heavy (non-hydrogen) atoms. The minimum absolute atomic E-state index is 0.404. The van der Waals surface area contributed by atoms with Crippen LogP contribution in [0.15, 0.2) is 12.1 Å². The number of rotatable bonds is 7. The third-order valence-corrected chi connectivity index (χ3v) is 2.97. The molecule has 0 aliphatic rings. The Morgan fingerprint density at radius 1 is 1.42 bits per heavy atom. The van der Waals surface area contributed by atoms with Crippen molar-refractivity contribution in [1.29, 1.82) is 0 Å². The third kappa shape index (κ3) is 4.40. The van der Waals surface area contributed by atoms with Gasteiger partial charge in [0, 0.05) is 12.2 Å². The molecule has 6 nitrogen and oxygen atoms in total. The van der Waals surface area contributed by atoms with E-state index < -0.39 is 17.4 Å². The fourth-order valence-corrected chi connectivity index (χ4v) is 1.50. The second-order valence-corrected chi connectivity index (χ2v) is 5.00. The van der Waals surface area contributed by atoms with Gasteiger partial charge in [0.2, 0.25) is 0 Å². The summed E-state index contributed by atoms with van der Waals surface area (Å²) in [6.07, 6.45) is 0.535. The predicted octanol–water partition coefficient (Wildman–Crippen LogP) is 1.39. The highest BCUT2D eigenvalue weighted by molar-refractivity contribution is 5.87. The number of aromatic amines is 1. The number of hydrogen-bond acceptors (Lipinski definition) is 4. The van der Waals surface area contributed by atoms with Gasteiger partial charge in [-0.05, 0) is 38.9 Å². The Kier molecular flexibility index (Phi) is 5.11. The van der Waals surface area contributed by atoms with E-state index in [0.717, 1.165) is 5.69 Å². The molecule has 1 aromatic heterocycles. The van der Waals surface area contributed by atoms with Gasteiger partial charge >= 0.3 is 11.9 Å². The van der Waals surface area contributed by atoms with Crippen molar-refractivity contribution in [2.45, 2.75) is 26.8 Å². The van der Waals surface area contributed by atoms with Gasteiger partial charge in [0.25, 0.3) is 0 Å². The molecule has 0 bridgehead atoms. The summed E-state index contributed by atoms with van der Waals surface area (Å²) in [5, 5.41) is 12.1. The molecule has 0 radical (unpaired) electrons. The van der Waals surface area contributed by atoms with Crippen molar-refractivity contribution in [1.82, 2.24) is 10.3 Å². The molecule has 0 saturated heterocycles. The molecule has 0 spiro atoms. The van der Waals surface area contributed by atoms with Gasteiger partial charge in [-0.15, -0.1) is 0 Å². The van der Waals surface area contributed by atoms with E-state index in [2.05, 4.69) is 15.0 Å². The first-order valence-electron chi connectivity index (χ1n) is 6.07. The summed E-state index contributed by atoms with van der Waals surface area (Å²) in [5.41, 5.74) is 0.526. The van der Waals surface area contributed by atoms with Crippen LogP contribution < -0.4 is 5.32 Å². The quantitative estimate of drug-likeness (QED) is 0.513. The lowest BCUT2D eigenvalue weighted by Crippen LogP contribution is -2.28. The molecule has 0 amide bonds. The van der Waals surface area contributed by atoms with Crippen LogP contribution >= 0.6 is 0 Å². The lowest BCUT2D eigenvalue weighted by Gasteiger charge is -2.18. The van der Waals surface area contributed by atoms with Crippen molar-refractivity contribution in [3.63, 3.8) is 0 Å². The number of aromatic nitrogens is 1. The first-order chi connectivity index (χ1) is 8.86. The van der Waals surface area contributed by atoms with Crippen molar-refractivity contribution < 1.29 is 19.4 Å². The minimum Gasteiger partial charge on any atom is -0.481 e. The number of aliphatic carboxylic acids is 1. The van der Waals surface area contributed by atoms with Crippen molar-refractivity contribution in [2.24, 2.45) is 5.41 Å². The van der Waals surface area contributed by atoms with E-state index in [-0.39, 0.29) is 0 Å². The second-order valence-electron chi connectivity index (χ2n) is 5.00. The monoisotopic (exact) mass is 268 g/mol. The maximum absolute atomic E-state index is 11.2. The molecule has 0 aliphatic carbocycles. The van der Waals surface area contributed by atoms with Gasteiger partial charge in [-0.2, -0.15) is 0 Å². The maximum atomic E-state index is 11.2. The Labute approximate surface area is 112 Å². The summed E-state index contributed by atoms with van der Waals surface area (Å²) in [6.45, 7) is 4.53. The third-order valence-electron chi connectivity index (χ3n) is 2.97. The van der Waals surface area contributed by atoms with Crippen LogP contribution in [0.3, 0.4) is 0 Å². The van der Waals surface area contributed by atoms with Gasteiger partial charge in [0.15, 0.2) is 0 Å². The zero-order chi connectivity index (χ0) is 14.5. The predicted molar refractivity (Wildman–Crippen MR) is 69.9 cm³/mol. The molecule has 3 N–H and O–H groups in total. The summed E-state index contributed by atoms with van der Waals surface area (Å²) >= 11 is 0. The lowest BCUT2D eigenvalue weighted by atomic mass is 9.90. The van der Waals surface area contributed by atoms with Crippen LogP contribution in [-0.4, -0.2) is 35.7 Å². The molecule has 1 heterocycles. The Morgan fingerprint density at radius 3 is 2.68 bits per heavy atom. The molecule has 0 aromatic carbocycles. The summed E-state index contributed by atoms with van der Waals surface area (Å²) in [4.78, 5) is 25.1. The zero-order valence-corrected chi connectivity index (χ0v) is 11.4. The van der Waals surface area contributed by atoms with E-state index in [0.29, 0.717) is 25.2 Å². The van der Waals surface area contributed by atoms with Crippen LogP contribution in [0.4, 0.5) is 0 Å². The van der Waals surface area contributed by atoms with Gasteiger partial charge in [-0.25, -0.2) is 4.79 Å². The average Bonchev–Trinajstić information content (AvgIpc) is 2.82. The van der Waals surface area contributed by atoms with Crippen LogP contribution in [0.1, 0.15) is 36.5 Å². The summed E-state index contributed by atoms with van der Waals surface area (Å²) in [5.74, 6) is -1.21. The Bertz CT molecular complexity index is 451. The number of ether oxygens (including phenoxy) is 1. The lowest BCUT2D eigenvalue weighted by molar-refractivity contribution is -0.147. The van der Waals surface area contributed by atoms with Crippen molar-refractivity contribution in [2.75, 3.05) is 13.7 Å². The number of carboxylic acid groups (broad SMARTS) is 1. The molecule has 0 unspecified atom stereocenters. The molecule has 0 saturated carbocycles. The highest BCUT2D eigenvalue weighted by atomic mass is 16.5. The first kappa shape index (κ1) is 15.2. The zero-order valence-electron chi connectivity index (χ0n) is 11.4. The Balaban J connectivity index is 2.36. The Morgan fingerprint density at radius 2 is 2.11 bits per heavy atom. The number of carboxylic acids is 1. The molecule has 0 aliphatic heterocycles. The molecule has 1 aromatic rings.